The SMILES string of the molecule is CC(Br)CN(C)S(=O)(=O)c1ccn[nH]1. The zero-order valence-electron chi connectivity index (χ0n) is 7.94. The Morgan fingerprint density at radius 2 is 2.36 bits per heavy atom. The van der Waals surface area contributed by atoms with Crippen LogP contribution in [-0.4, -0.2) is 41.3 Å². The van der Waals surface area contributed by atoms with Crippen LogP contribution in [0.5, 0.6) is 0 Å². The van der Waals surface area contributed by atoms with E-state index in [1.54, 1.807) is 0 Å². The molecule has 0 radical (unpaired) electrons. The van der Waals surface area contributed by atoms with Gasteiger partial charge in [0.2, 0.25) is 0 Å². The molecule has 0 saturated carbocycles. The molecule has 0 saturated heterocycles. The summed E-state index contributed by atoms with van der Waals surface area (Å²) in [6.45, 7) is 2.31. The molecule has 1 atom stereocenters. The number of aromatic nitrogens is 2. The minimum absolute atomic E-state index is 0.116. The quantitative estimate of drug-likeness (QED) is 0.831. The van der Waals surface area contributed by atoms with Crippen LogP contribution in [0.4, 0.5) is 0 Å². The van der Waals surface area contributed by atoms with Gasteiger partial charge >= 0.3 is 0 Å². The Labute approximate surface area is 91.7 Å². The third kappa shape index (κ3) is 2.55. The molecule has 80 valence electrons. The molecule has 1 aromatic heterocycles. The molecule has 0 spiro atoms. The van der Waals surface area contributed by atoms with Gasteiger partial charge < -0.3 is 0 Å². The predicted molar refractivity (Wildman–Crippen MR) is 56.8 cm³/mol. The molecule has 14 heavy (non-hydrogen) atoms. The van der Waals surface area contributed by atoms with Crippen LogP contribution in [-0.2, 0) is 10.0 Å². The first-order valence-corrected chi connectivity index (χ1v) is 6.40. The Morgan fingerprint density at radius 1 is 1.71 bits per heavy atom. The van der Waals surface area contributed by atoms with Crippen molar-refractivity contribution in [2.45, 2.75) is 16.8 Å². The molecule has 1 heterocycles. The minimum atomic E-state index is -3.41. The Bertz CT molecular complexity index is 374. The molecule has 1 unspecified atom stereocenters. The lowest BCUT2D eigenvalue weighted by Crippen LogP contribution is -2.31. The summed E-state index contributed by atoms with van der Waals surface area (Å²) >= 11 is 3.30. The van der Waals surface area contributed by atoms with Gasteiger partial charge in [0.1, 0.15) is 0 Å². The van der Waals surface area contributed by atoms with Gasteiger partial charge in [-0.05, 0) is 6.07 Å². The minimum Gasteiger partial charge on any atom is -0.266 e. The fraction of sp³-hybridized carbons (Fsp3) is 0.571. The summed E-state index contributed by atoms with van der Waals surface area (Å²) in [5.74, 6) is 0. The number of sulfonamides is 1. The molecule has 1 aromatic rings. The standard InChI is InChI=1S/C7H12BrN3O2S/c1-6(8)5-11(2)14(12,13)7-3-4-9-10-7/h3-4,6H,5H2,1-2H3,(H,9,10). The summed E-state index contributed by atoms with van der Waals surface area (Å²) in [5, 5.41) is 6.16. The van der Waals surface area contributed by atoms with Gasteiger partial charge in [-0.1, -0.05) is 22.9 Å². The molecule has 0 fully saturated rings. The van der Waals surface area contributed by atoms with E-state index in [9.17, 15) is 8.42 Å². The van der Waals surface area contributed by atoms with Crippen LogP contribution in [0, 0.1) is 0 Å². The first-order chi connectivity index (χ1) is 6.44. The van der Waals surface area contributed by atoms with Crippen molar-refractivity contribution in [1.29, 1.82) is 0 Å². The van der Waals surface area contributed by atoms with Crippen molar-refractivity contribution in [3.63, 3.8) is 0 Å². The Balaban J connectivity index is 2.86. The molecule has 0 aromatic carbocycles. The van der Waals surface area contributed by atoms with Crippen LogP contribution >= 0.6 is 15.9 Å². The number of hydrogen-bond donors (Lipinski definition) is 1. The van der Waals surface area contributed by atoms with E-state index in [1.165, 1.54) is 23.6 Å². The van der Waals surface area contributed by atoms with Crippen molar-refractivity contribution in [2.75, 3.05) is 13.6 Å². The highest BCUT2D eigenvalue weighted by atomic mass is 79.9. The third-order valence-electron chi connectivity index (χ3n) is 1.67. The summed E-state index contributed by atoms with van der Waals surface area (Å²) < 4.78 is 24.8. The maximum atomic E-state index is 11.8. The summed E-state index contributed by atoms with van der Waals surface area (Å²) in [5.41, 5.74) is 0. The van der Waals surface area contributed by atoms with E-state index in [1.807, 2.05) is 6.92 Å². The monoisotopic (exact) mass is 281 g/mol. The second-order valence-electron chi connectivity index (χ2n) is 2.99. The molecular formula is C7H12BrN3O2S. The summed E-state index contributed by atoms with van der Waals surface area (Å²) in [6, 6.07) is 1.44. The average molecular weight is 282 g/mol. The van der Waals surface area contributed by atoms with Crippen LogP contribution in [0.15, 0.2) is 17.3 Å². The van der Waals surface area contributed by atoms with E-state index < -0.39 is 10.0 Å². The molecule has 0 amide bonds. The lowest BCUT2D eigenvalue weighted by molar-refractivity contribution is 0.470. The van der Waals surface area contributed by atoms with Crippen LogP contribution in [0.2, 0.25) is 0 Å². The molecule has 0 aliphatic heterocycles. The van der Waals surface area contributed by atoms with Crippen LogP contribution in [0.1, 0.15) is 6.92 Å². The van der Waals surface area contributed by atoms with Crippen molar-refractivity contribution >= 4 is 26.0 Å². The van der Waals surface area contributed by atoms with E-state index >= 15 is 0 Å². The number of nitrogens with zero attached hydrogens (tertiary/aromatic N) is 2. The van der Waals surface area contributed by atoms with Gasteiger partial charge in [0.15, 0.2) is 5.03 Å². The first kappa shape index (κ1) is 11.7. The van der Waals surface area contributed by atoms with Gasteiger partial charge in [0.05, 0.1) is 6.20 Å². The molecular weight excluding hydrogens is 270 g/mol. The van der Waals surface area contributed by atoms with Gasteiger partial charge in [0.25, 0.3) is 10.0 Å². The van der Waals surface area contributed by atoms with Gasteiger partial charge in [-0.2, -0.15) is 9.40 Å². The van der Waals surface area contributed by atoms with E-state index in [-0.39, 0.29) is 9.85 Å². The fourth-order valence-corrected chi connectivity index (χ4v) is 2.79. The molecule has 0 bridgehead atoms. The van der Waals surface area contributed by atoms with Crippen LogP contribution in [0.25, 0.3) is 0 Å². The van der Waals surface area contributed by atoms with E-state index in [2.05, 4.69) is 26.1 Å². The van der Waals surface area contributed by atoms with Crippen molar-refractivity contribution in [1.82, 2.24) is 14.5 Å². The molecule has 0 aliphatic rings. The Hall–Kier alpha value is -0.400. The topological polar surface area (TPSA) is 66.1 Å². The smallest absolute Gasteiger partial charge is 0.259 e. The number of alkyl halides is 1. The third-order valence-corrected chi connectivity index (χ3v) is 3.71. The normalized spacial score (nSPS) is 14.6. The van der Waals surface area contributed by atoms with Gasteiger partial charge in [0, 0.05) is 18.4 Å². The van der Waals surface area contributed by atoms with Gasteiger partial charge in [-0.15, -0.1) is 0 Å². The Kier molecular flexibility index (Phi) is 3.68. The molecule has 7 heteroatoms. The second-order valence-corrected chi connectivity index (χ2v) is 6.56. The largest absolute Gasteiger partial charge is 0.266 e. The lowest BCUT2D eigenvalue weighted by Gasteiger charge is -2.16. The summed E-state index contributed by atoms with van der Waals surface area (Å²) in [7, 11) is -1.87. The van der Waals surface area contributed by atoms with Gasteiger partial charge in [-0.25, -0.2) is 8.42 Å². The average Bonchev–Trinajstić information content (AvgIpc) is 2.54. The van der Waals surface area contributed by atoms with Crippen molar-refractivity contribution in [3.8, 4) is 0 Å². The van der Waals surface area contributed by atoms with E-state index in [4.69, 9.17) is 0 Å². The van der Waals surface area contributed by atoms with Crippen LogP contribution < -0.4 is 0 Å². The van der Waals surface area contributed by atoms with Crippen molar-refractivity contribution in [3.05, 3.63) is 12.3 Å². The highest BCUT2D eigenvalue weighted by molar-refractivity contribution is 9.09. The zero-order chi connectivity index (χ0) is 10.8. The highest BCUT2D eigenvalue weighted by Gasteiger charge is 2.22. The maximum absolute atomic E-state index is 11.8. The zero-order valence-corrected chi connectivity index (χ0v) is 10.3. The summed E-state index contributed by atoms with van der Waals surface area (Å²) in [6.07, 6.45) is 1.41. The van der Waals surface area contributed by atoms with Crippen molar-refractivity contribution in [2.24, 2.45) is 0 Å². The van der Waals surface area contributed by atoms with E-state index in [0.717, 1.165) is 0 Å². The Morgan fingerprint density at radius 3 is 2.79 bits per heavy atom. The number of hydrogen-bond acceptors (Lipinski definition) is 3. The van der Waals surface area contributed by atoms with Crippen molar-refractivity contribution < 1.29 is 8.42 Å². The number of halogens is 1. The number of rotatable bonds is 4. The number of aromatic amines is 1. The van der Waals surface area contributed by atoms with E-state index in [0.29, 0.717) is 6.54 Å². The highest BCUT2D eigenvalue weighted by Crippen LogP contribution is 2.12. The molecule has 1 rings (SSSR count). The lowest BCUT2D eigenvalue weighted by atomic mass is 10.5. The van der Waals surface area contributed by atoms with Crippen LogP contribution in [0.3, 0.4) is 0 Å². The summed E-state index contributed by atoms with van der Waals surface area (Å²) in [4.78, 5) is 0.116. The maximum Gasteiger partial charge on any atom is 0.259 e. The first-order valence-electron chi connectivity index (χ1n) is 4.04. The predicted octanol–water partition coefficient (Wildman–Crippen LogP) is 0.814. The number of H-pyrrole nitrogens is 1. The second kappa shape index (κ2) is 4.41. The molecule has 0 aliphatic carbocycles. The fourth-order valence-electron chi connectivity index (χ4n) is 1.01. The molecule has 1 N–H and O–H groups in total. The van der Waals surface area contributed by atoms with Gasteiger partial charge in [-0.3, -0.25) is 5.10 Å². The number of nitrogens with one attached hydrogen (secondary N) is 1. The molecule has 5 nitrogen and oxygen atoms in total.